The van der Waals surface area contributed by atoms with Crippen LogP contribution < -0.4 is 11.5 Å². The third-order valence-corrected chi connectivity index (χ3v) is 0.827. The van der Waals surface area contributed by atoms with Gasteiger partial charge in [-0.2, -0.15) is 0 Å². The Kier molecular flexibility index (Phi) is 13.0. The molecular weight excluding hydrogens is 120 g/mol. The average Bonchev–Trinajstić information content (AvgIpc) is 1.88. The molecular formula is C5H13N2O2. The van der Waals surface area contributed by atoms with E-state index in [1.165, 1.54) is 0 Å². The van der Waals surface area contributed by atoms with Gasteiger partial charge in [0.2, 0.25) is 0 Å². The standard InChI is InChI=1S/C4H12N2.CHO2/c1-2-4(6)3-5;2-1-3/h4H,2-3,5-6H2,1H3;(H,2,3). The van der Waals surface area contributed by atoms with Crippen molar-refractivity contribution in [1.29, 1.82) is 0 Å². The predicted molar refractivity (Wildman–Crippen MR) is 35.6 cm³/mol. The fourth-order valence-electron chi connectivity index (χ4n) is 0.167. The summed E-state index contributed by atoms with van der Waals surface area (Å²) in [4.78, 5) is 8.24. The van der Waals surface area contributed by atoms with E-state index in [4.69, 9.17) is 21.4 Å². The average molecular weight is 133 g/mol. The molecule has 0 rings (SSSR count). The molecule has 0 bridgehead atoms. The van der Waals surface area contributed by atoms with Crippen LogP contribution in [-0.4, -0.2) is 24.2 Å². The topological polar surface area (TPSA) is 89.3 Å². The maximum absolute atomic E-state index is 8.24. The highest BCUT2D eigenvalue weighted by atomic mass is 16.3. The van der Waals surface area contributed by atoms with Gasteiger partial charge in [0.05, 0.1) is 0 Å². The highest BCUT2D eigenvalue weighted by Gasteiger charge is 1.88. The fourth-order valence-corrected chi connectivity index (χ4v) is 0.167. The summed E-state index contributed by atoms with van der Waals surface area (Å²) in [5.41, 5.74) is 10.5. The molecule has 0 aromatic carbocycles. The van der Waals surface area contributed by atoms with Gasteiger partial charge in [0.1, 0.15) is 0 Å². The first-order chi connectivity index (χ1) is 4.22. The van der Waals surface area contributed by atoms with Gasteiger partial charge in [0, 0.05) is 12.6 Å². The lowest BCUT2D eigenvalue weighted by atomic mass is 10.2. The summed E-state index contributed by atoms with van der Waals surface area (Å²) in [7, 11) is 0. The van der Waals surface area contributed by atoms with E-state index in [0.717, 1.165) is 6.42 Å². The summed E-state index contributed by atoms with van der Waals surface area (Å²) < 4.78 is 0. The van der Waals surface area contributed by atoms with Crippen LogP contribution in [0.2, 0.25) is 0 Å². The quantitative estimate of drug-likeness (QED) is 0.464. The molecule has 1 unspecified atom stereocenters. The van der Waals surface area contributed by atoms with Crippen molar-refractivity contribution in [3.05, 3.63) is 0 Å². The molecule has 0 aliphatic carbocycles. The molecule has 0 spiro atoms. The van der Waals surface area contributed by atoms with Crippen LogP contribution in [0, 0.1) is 0 Å². The van der Waals surface area contributed by atoms with Crippen LogP contribution >= 0.6 is 0 Å². The van der Waals surface area contributed by atoms with Gasteiger partial charge in [0.15, 0.2) is 0 Å². The zero-order chi connectivity index (χ0) is 7.70. The molecule has 1 radical (unpaired) electrons. The second kappa shape index (κ2) is 10.4. The van der Waals surface area contributed by atoms with Crippen LogP contribution in [0.4, 0.5) is 0 Å². The Morgan fingerprint density at radius 3 is 2.11 bits per heavy atom. The van der Waals surface area contributed by atoms with Gasteiger partial charge in [-0.05, 0) is 6.42 Å². The molecule has 0 aliphatic rings. The molecule has 4 nitrogen and oxygen atoms in total. The predicted octanol–water partition coefficient (Wildman–Crippen LogP) is -0.706. The van der Waals surface area contributed by atoms with Gasteiger partial charge in [-0.3, -0.25) is 0 Å². The smallest absolute Gasteiger partial charge is 0.414 e. The van der Waals surface area contributed by atoms with Crippen molar-refractivity contribution in [2.75, 3.05) is 6.54 Å². The number of hydrogen-bond acceptors (Lipinski definition) is 3. The van der Waals surface area contributed by atoms with Crippen LogP contribution in [0.1, 0.15) is 13.3 Å². The second-order valence-corrected chi connectivity index (χ2v) is 1.50. The van der Waals surface area contributed by atoms with E-state index in [1.807, 2.05) is 6.92 Å². The Balaban J connectivity index is 0. The van der Waals surface area contributed by atoms with Crippen LogP contribution in [-0.2, 0) is 4.79 Å². The maximum atomic E-state index is 8.24. The minimum atomic E-state index is 0.213. The SMILES string of the molecule is CCC(N)CN.O=[C]O. The van der Waals surface area contributed by atoms with Crippen LogP contribution in [0.25, 0.3) is 0 Å². The Hall–Kier alpha value is -0.610. The van der Waals surface area contributed by atoms with Gasteiger partial charge >= 0.3 is 6.47 Å². The lowest BCUT2D eigenvalue weighted by Crippen LogP contribution is -2.28. The summed E-state index contributed by atoms with van der Waals surface area (Å²) >= 11 is 0. The third-order valence-electron chi connectivity index (χ3n) is 0.827. The van der Waals surface area contributed by atoms with Crippen LogP contribution in [0.3, 0.4) is 0 Å². The Morgan fingerprint density at radius 2 is 2.11 bits per heavy atom. The molecule has 0 saturated carbocycles. The summed E-state index contributed by atoms with van der Waals surface area (Å²) in [5.74, 6) is 0. The summed E-state index contributed by atoms with van der Waals surface area (Å²) in [6.45, 7) is 3.13. The lowest BCUT2D eigenvalue weighted by Gasteiger charge is -1.99. The Labute approximate surface area is 54.8 Å². The molecule has 4 heteroatoms. The third kappa shape index (κ3) is 18.7. The number of nitrogens with two attached hydrogens (primary N) is 2. The van der Waals surface area contributed by atoms with Crippen molar-refractivity contribution in [2.45, 2.75) is 19.4 Å². The van der Waals surface area contributed by atoms with Gasteiger partial charge in [0.25, 0.3) is 0 Å². The van der Waals surface area contributed by atoms with E-state index in [0.29, 0.717) is 13.0 Å². The van der Waals surface area contributed by atoms with E-state index in [2.05, 4.69) is 0 Å². The van der Waals surface area contributed by atoms with Crippen molar-refractivity contribution >= 4 is 6.47 Å². The molecule has 55 valence electrons. The van der Waals surface area contributed by atoms with Crippen LogP contribution in [0.15, 0.2) is 0 Å². The Morgan fingerprint density at radius 1 is 1.78 bits per heavy atom. The zero-order valence-corrected chi connectivity index (χ0v) is 5.50. The van der Waals surface area contributed by atoms with Crippen molar-refractivity contribution < 1.29 is 9.90 Å². The first-order valence-corrected chi connectivity index (χ1v) is 2.69. The van der Waals surface area contributed by atoms with Gasteiger partial charge < -0.3 is 16.6 Å². The van der Waals surface area contributed by atoms with E-state index in [1.54, 1.807) is 0 Å². The Bertz CT molecular complexity index is 54.9. The molecule has 0 aliphatic heterocycles. The number of rotatable bonds is 2. The molecule has 0 amide bonds. The fraction of sp³-hybridized carbons (Fsp3) is 0.800. The van der Waals surface area contributed by atoms with Crippen molar-refractivity contribution in [1.82, 2.24) is 0 Å². The van der Waals surface area contributed by atoms with E-state index in [-0.39, 0.29) is 6.04 Å². The first kappa shape index (κ1) is 11.2. The lowest BCUT2D eigenvalue weighted by molar-refractivity contribution is 0.437. The molecule has 1 atom stereocenters. The van der Waals surface area contributed by atoms with Gasteiger partial charge in [-0.1, -0.05) is 6.92 Å². The molecule has 9 heavy (non-hydrogen) atoms. The summed E-state index contributed by atoms with van der Waals surface area (Å²) in [6.07, 6.45) is 0.983. The molecule has 0 fully saturated rings. The van der Waals surface area contributed by atoms with E-state index in [9.17, 15) is 0 Å². The second-order valence-electron chi connectivity index (χ2n) is 1.50. The van der Waals surface area contributed by atoms with Crippen LogP contribution in [0.5, 0.6) is 0 Å². The van der Waals surface area contributed by atoms with E-state index < -0.39 is 0 Å². The maximum Gasteiger partial charge on any atom is 0.414 e. The zero-order valence-electron chi connectivity index (χ0n) is 5.50. The number of aliphatic hydroxyl groups excluding tert-OH is 1. The number of hydrogen-bond donors (Lipinski definition) is 3. The van der Waals surface area contributed by atoms with Crippen molar-refractivity contribution in [3.8, 4) is 0 Å². The normalized spacial score (nSPS) is 11.0. The highest BCUT2D eigenvalue weighted by molar-refractivity contribution is 5.34. The first-order valence-electron chi connectivity index (χ1n) is 2.69. The molecule has 0 aromatic rings. The largest absolute Gasteiger partial charge is 0.473 e. The van der Waals surface area contributed by atoms with Crippen molar-refractivity contribution in [2.24, 2.45) is 11.5 Å². The molecule has 0 aromatic heterocycles. The highest BCUT2D eigenvalue weighted by Crippen LogP contribution is 1.77. The van der Waals surface area contributed by atoms with E-state index >= 15 is 0 Å². The van der Waals surface area contributed by atoms with Gasteiger partial charge in [-0.15, -0.1) is 0 Å². The monoisotopic (exact) mass is 133 g/mol. The molecule has 5 N–H and O–H groups in total. The molecule has 0 saturated heterocycles. The van der Waals surface area contributed by atoms with Gasteiger partial charge in [-0.25, -0.2) is 4.79 Å². The summed E-state index contributed by atoms with van der Waals surface area (Å²) in [5, 5.41) is 6.76. The minimum Gasteiger partial charge on any atom is -0.473 e. The summed E-state index contributed by atoms with van der Waals surface area (Å²) in [6, 6.07) is 0.213. The molecule has 0 heterocycles. The van der Waals surface area contributed by atoms with Crippen molar-refractivity contribution in [3.63, 3.8) is 0 Å². The minimum absolute atomic E-state index is 0.213.